The molecule has 0 amide bonds. The molecular weight excluding hydrogens is 276 g/mol. The summed E-state index contributed by atoms with van der Waals surface area (Å²) in [6, 6.07) is 4.74. The Hall–Kier alpha value is -1.56. The van der Waals surface area contributed by atoms with Crippen molar-refractivity contribution < 1.29 is 13.2 Å². The molecule has 0 bridgehead atoms. The van der Waals surface area contributed by atoms with Crippen LogP contribution in [0.2, 0.25) is 0 Å². The Kier molecular flexibility index (Phi) is 4.04. The summed E-state index contributed by atoms with van der Waals surface area (Å²) in [7, 11) is -3.41. The van der Waals surface area contributed by atoms with E-state index in [4.69, 9.17) is 5.73 Å². The second-order valence-corrected chi connectivity index (χ2v) is 7.27. The average Bonchev–Trinajstić information content (AvgIpc) is 2.27. The molecule has 1 saturated carbocycles. The van der Waals surface area contributed by atoms with Crippen molar-refractivity contribution in [1.82, 2.24) is 0 Å². The lowest BCUT2D eigenvalue weighted by Crippen LogP contribution is -2.26. The van der Waals surface area contributed by atoms with Crippen LogP contribution in [-0.4, -0.2) is 20.5 Å². The van der Waals surface area contributed by atoms with Crippen LogP contribution in [0.5, 0.6) is 0 Å². The molecule has 0 saturated heterocycles. The highest BCUT2D eigenvalue weighted by molar-refractivity contribution is 7.92. The van der Waals surface area contributed by atoms with Crippen LogP contribution in [0.3, 0.4) is 0 Å². The maximum atomic E-state index is 12.4. The van der Waals surface area contributed by atoms with Crippen molar-refractivity contribution in [1.29, 1.82) is 0 Å². The van der Waals surface area contributed by atoms with Crippen molar-refractivity contribution in [3.8, 4) is 0 Å². The first kappa shape index (κ1) is 14.8. The summed E-state index contributed by atoms with van der Waals surface area (Å²) in [4.78, 5) is 12.4. The molecule has 0 radical (unpaired) electrons. The summed E-state index contributed by atoms with van der Waals surface area (Å²) in [5.41, 5.74) is 6.81. The summed E-state index contributed by atoms with van der Waals surface area (Å²) >= 11 is 0. The number of benzene rings is 1. The van der Waals surface area contributed by atoms with Crippen molar-refractivity contribution in [2.75, 3.05) is 16.7 Å². The molecule has 3 N–H and O–H groups in total. The molecule has 1 aliphatic carbocycles. The van der Waals surface area contributed by atoms with Gasteiger partial charge in [0.1, 0.15) is 0 Å². The smallest absolute Gasteiger partial charge is 0.229 e. The summed E-state index contributed by atoms with van der Waals surface area (Å²) in [6.07, 6.45) is 4.43. The van der Waals surface area contributed by atoms with Gasteiger partial charge in [-0.05, 0) is 37.0 Å². The minimum atomic E-state index is -3.41. The van der Waals surface area contributed by atoms with Gasteiger partial charge in [0, 0.05) is 11.5 Å². The third-order valence-corrected chi connectivity index (χ3v) is 4.49. The van der Waals surface area contributed by atoms with E-state index >= 15 is 0 Å². The lowest BCUT2D eigenvalue weighted by atomic mass is 9.74. The Morgan fingerprint density at radius 1 is 1.40 bits per heavy atom. The van der Waals surface area contributed by atoms with Gasteiger partial charge < -0.3 is 5.73 Å². The van der Waals surface area contributed by atoms with Crippen molar-refractivity contribution in [3.05, 3.63) is 23.8 Å². The third-order valence-electron chi connectivity index (χ3n) is 3.90. The van der Waals surface area contributed by atoms with Gasteiger partial charge in [-0.15, -0.1) is 0 Å². The van der Waals surface area contributed by atoms with Crippen molar-refractivity contribution in [3.63, 3.8) is 0 Å². The number of ketones is 1. The van der Waals surface area contributed by atoms with E-state index in [1.165, 1.54) is 12.5 Å². The van der Waals surface area contributed by atoms with E-state index in [1.807, 2.05) is 6.92 Å². The molecular formula is C14H20N2O3S. The minimum absolute atomic E-state index is 0.0292. The molecule has 0 spiro atoms. The van der Waals surface area contributed by atoms with Crippen LogP contribution in [0, 0.1) is 11.8 Å². The van der Waals surface area contributed by atoms with Crippen LogP contribution in [0.1, 0.15) is 36.5 Å². The predicted molar refractivity (Wildman–Crippen MR) is 80.2 cm³/mol. The largest absolute Gasteiger partial charge is 0.397 e. The van der Waals surface area contributed by atoms with Gasteiger partial charge in [0.15, 0.2) is 5.78 Å². The molecule has 5 nitrogen and oxygen atoms in total. The fourth-order valence-corrected chi connectivity index (χ4v) is 2.99. The van der Waals surface area contributed by atoms with Crippen LogP contribution >= 0.6 is 0 Å². The molecule has 2 rings (SSSR count). The highest BCUT2D eigenvalue weighted by Crippen LogP contribution is 2.35. The van der Waals surface area contributed by atoms with Crippen molar-refractivity contribution in [2.45, 2.75) is 26.2 Å². The number of nitrogen functional groups attached to an aromatic ring is 1. The quantitative estimate of drug-likeness (QED) is 0.644. The Bertz CT molecular complexity index is 621. The zero-order valence-corrected chi connectivity index (χ0v) is 12.5. The van der Waals surface area contributed by atoms with E-state index in [0.717, 1.165) is 19.1 Å². The molecule has 0 aromatic heterocycles. The molecule has 1 aliphatic rings. The van der Waals surface area contributed by atoms with Gasteiger partial charge in [-0.2, -0.15) is 0 Å². The molecule has 1 fully saturated rings. The summed E-state index contributed by atoms with van der Waals surface area (Å²) in [6.45, 7) is 1.94. The summed E-state index contributed by atoms with van der Waals surface area (Å²) in [5, 5.41) is 0. The van der Waals surface area contributed by atoms with Crippen LogP contribution in [0.25, 0.3) is 0 Å². The van der Waals surface area contributed by atoms with Gasteiger partial charge in [-0.1, -0.05) is 13.3 Å². The topological polar surface area (TPSA) is 89.3 Å². The molecule has 1 atom stereocenters. The normalized spacial score (nSPS) is 17.3. The predicted octanol–water partition coefficient (Wildman–Crippen LogP) is 2.26. The number of sulfonamides is 1. The Morgan fingerprint density at radius 2 is 2.05 bits per heavy atom. The number of anilines is 2. The maximum Gasteiger partial charge on any atom is 0.229 e. The highest BCUT2D eigenvalue weighted by Gasteiger charge is 2.29. The molecule has 1 aromatic rings. The lowest BCUT2D eigenvalue weighted by Gasteiger charge is -2.30. The third kappa shape index (κ3) is 3.30. The first-order valence-corrected chi connectivity index (χ1v) is 8.58. The molecule has 20 heavy (non-hydrogen) atoms. The number of hydrogen-bond acceptors (Lipinski definition) is 4. The number of hydrogen-bond donors (Lipinski definition) is 2. The van der Waals surface area contributed by atoms with E-state index in [0.29, 0.717) is 17.2 Å². The maximum absolute atomic E-state index is 12.4. The number of rotatable bonds is 5. The molecule has 110 valence electrons. The summed E-state index contributed by atoms with van der Waals surface area (Å²) < 4.78 is 24.9. The zero-order chi connectivity index (χ0) is 14.9. The Balaban J connectivity index is 2.24. The second kappa shape index (κ2) is 5.44. The number of Topliss-reactive ketones (excluding diaryl/α,β-unsaturated/α-hetero) is 1. The molecule has 1 aromatic carbocycles. The fraction of sp³-hybridized carbons (Fsp3) is 0.500. The molecule has 0 heterocycles. The SMILES string of the molecule is CC(C(=O)c1ccc(N)c(NS(C)(=O)=O)c1)C1CCC1. The van der Waals surface area contributed by atoms with Crippen LogP contribution in [0.4, 0.5) is 11.4 Å². The van der Waals surface area contributed by atoms with E-state index < -0.39 is 10.0 Å². The number of nitrogens with one attached hydrogen (secondary N) is 1. The van der Waals surface area contributed by atoms with Crippen molar-refractivity contribution in [2.24, 2.45) is 11.8 Å². The van der Waals surface area contributed by atoms with Gasteiger partial charge in [-0.3, -0.25) is 9.52 Å². The number of carbonyl (C=O) groups excluding carboxylic acids is 1. The van der Waals surface area contributed by atoms with E-state index in [1.54, 1.807) is 12.1 Å². The molecule has 1 unspecified atom stereocenters. The Labute approximate surface area is 119 Å². The van der Waals surface area contributed by atoms with Gasteiger partial charge in [0.05, 0.1) is 17.6 Å². The van der Waals surface area contributed by atoms with Crippen LogP contribution in [0.15, 0.2) is 18.2 Å². The standard InChI is InChI=1S/C14H20N2O3S/c1-9(10-4-3-5-10)14(17)11-6-7-12(15)13(8-11)16-20(2,18)19/h6-10,16H,3-5,15H2,1-2H3. The van der Waals surface area contributed by atoms with Gasteiger partial charge >= 0.3 is 0 Å². The van der Waals surface area contributed by atoms with Gasteiger partial charge in [0.25, 0.3) is 0 Å². The van der Waals surface area contributed by atoms with Crippen LogP contribution < -0.4 is 10.5 Å². The highest BCUT2D eigenvalue weighted by atomic mass is 32.2. The number of nitrogens with two attached hydrogens (primary N) is 1. The Morgan fingerprint density at radius 3 is 2.55 bits per heavy atom. The van der Waals surface area contributed by atoms with Crippen molar-refractivity contribution >= 4 is 27.2 Å². The van der Waals surface area contributed by atoms with E-state index in [2.05, 4.69) is 4.72 Å². The zero-order valence-electron chi connectivity index (χ0n) is 11.7. The molecule has 0 aliphatic heterocycles. The van der Waals surface area contributed by atoms with Crippen LogP contribution in [-0.2, 0) is 10.0 Å². The van der Waals surface area contributed by atoms with E-state index in [-0.39, 0.29) is 17.4 Å². The summed E-state index contributed by atoms with van der Waals surface area (Å²) in [5.74, 6) is 0.469. The first-order valence-electron chi connectivity index (χ1n) is 6.69. The second-order valence-electron chi connectivity index (χ2n) is 5.52. The first-order chi connectivity index (χ1) is 9.28. The number of carbonyl (C=O) groups is 1. The minimum Gasteiger partial charge on any atom is -0.397 e. The van der Waals surface area contributed by atoms with E-state index in [9.17, 15) is 13.2 Å². The van der Waals surface area contributed by atoms with Gasteiger partial charge in [0.2, 0.25) is 10.0 Å². The average molecular weight is 296 g/mol. The lowest BCUT2D eigenvalue weighted by molar-refractivity contribution is 0.0834. The monoisotopic (exact) mass is 296 g/mol. The fourth-order valence-electron chi connectivity index (χ4n) is 2.41. The van der Waals surface area contributed by atoms with Gasteiger partial charge in [-0.25, -0.2) is 8.42 Å². The molecule has 6 heteroatoms.